The lowest BCUT2D eigenvalue weighted by Gasteiger charge is -2.17. The molecule has 0 radical (unpaired) electrons. The summed E-state index contributed by atoms with van der Waals surface area (Å²) in [6, 6.07) is 3.00. The molecule has 0 aliphatic rings. The zero-order chi connectivity index (χ0) is 18.7. The van der Waals surface area contributed by atoms with Crippen molar-refractivity contribution < 1.29 is 27.2 Å². The van der Waals surface area contributed by atoms with Gasteiger partial charge in [-0.15, -0.1) is 0 Å². The maximum atomic E-state index is 11.9. The summed E-state index contributed by atoms with van der Waals surface area (Å²) in [6.45, 7) is 7.30. The number of ether oxygens (including phenoxy) is 3. The molecule has 0 amide bonds. The van der Waals surface area contributed by atoms with Crippen molar-refractivity contribution in [3.05, 3.63) is 12.1 Å². The average Bonchev–Trinajstić information content (AvgIpc) is 2.54. The van der Waals surface area contributed by atoms with Crippen LogP contribution in [0.4, 0.5) is 0 Å². The summed E-state index contributed by atoms with van der Waals surface area (Å²) in [4.78, 5) is -0.331. The van der Waals surface area contributed by atoms with Gasteiger partial charge in [-0.2, -0.15) is 8.42 Å². The zero-order valence-electron chi connectivity index (χ0n) is 15.4. The highest BCUT2D eigenvalue weighted by Crippen LogP contribution is 2.38. The fourth-order valence-corrected chi connectivity index (χ4v) is 2.84. The SMILES string of the molecule is CCCCOc1cc(OCCCC)c(S(=O)(=O)O)c(OCCCC)c1. The second-order valence-electron chi connectivity index (χ2n) is 5.83. The molecule has 0 unspecified atom stereocenters. The normalized spacial score (nSPS) is 11.4. The predicted molar refractivity (Wildman–Crippen MR) is 97.5 cm³/mol. The zero-order valence-corrected chi connectivity index (χ0v) is 16.2. The Bertz CT molecular complexity index is 581. The molecule has 0 atom stereocenters. The van der Waals surface area contributed by atoms with Gasteiger partial charge in [0.05, 0.1) is 19.8 Å². The third kappa shape index (κ3) is 7.52. The van der Waals surface area contributed by atoms with Crippen LogP contribution >= 0.6 is 0 Å². The van der Waals surface area contributed by atoms with E-state index in [1.54, 1.807) is 0 Å². The molecule has 1 aromatic rings. The third-order valence-electron chi connectivity index (χ3n) is 3.53. The first-order chi connectivity index (χ1) is 11.9. The summed E-state index contributed by atoms with van der Waals surface area (Å²) >= 11 is 0. The van der Waals surface area contributed by atoms with E-state index in [1.807, 2.05) is 13.8 Å². The standard InChI is InChI=1S/C18H30O6S/c1-4-7-10-22-15-13-16(23-11-8-5-2)18(25(19,20)21)17(14-15)24-12-9-6-3/h13-14H,4-12H2,1-3H3,(H,19,20,21). The van der Waals surface area contributed by atoms with Crippen molar-refractivity contribution in [2.45, 2.75) is 64.2 Å². The molecule has 25 heavy (non-hydrogen) atoms. The second-order valence-corrected chi connectivity index (χ2v) is 7.19. The number of rotatable bonds is 13. The molecule has 1 N–H and O–H groups in total. The van der Waals surface area contributed by atoms with Crippen LogP contribution < -0.4 is 14.2 Å². The maximum absolute atomic E-state index is 11.9. The van der Waals surface area contributed by atoms with Gasteiger partial charge < -0.3 is 14.2 Å². The van der Waals surface area contributed by atoms with Gasteiger partial charge in [-0.1, -0.05) is 40.0 Å². The Hall–Kier alpha value is -1.47. The predicted octanol–water partition coefficient (Wildman–Crippen LogP) is 4.47. The number of hydrogen-bond acceptors (Lipinski definition) is 5. The summed E-state index contributed by atoms with van der Waals surface area (Å²) in [5.41, 5.74) is 0. The van der Waals surface area contributed by atoms with Crippen LogP contribution in [0.3, 0.4) is 0 Å². The number of hydrogen-bond donors (Lipinski definition) is 1. The van der Waals surface area contributed by atoms with E-state index in [1.165, 1.54) is 12.1 Å². The molecule has 0 spiro atoms. The Kier molecular flexibility index (Phi) is 9.67. The van der Waals surface area contributed by atoms with Crippen LogP contribution in [0.1, 0.15) is 59.3 Å². The Morgan fingerprint density at radius 2 is 1.20 bits per heavy atom. The summed E-state index contributed by atoms with van der Waals surface area (Å²) in [6.07, 6.45) is 5.25. The van der Waals surface area contributed by atoms with Crippen molar-refractivity contribution in [1.29, 1.82) is 0 Å². The molecule has 1 rings (SSSR count). The first-order valence-corrected chi connectivity index (χ1v) is 10.4. The topological polar surface area (TPSA) is 82.1 Å². The smallest absolute Gasteiger partial charge is 0.301 e. The second kappa shape index (κ2) is 11.2. The van der Waals surface area contributed by atoms with E-state index in [2.05, 4.69) is 6.92 Å². The Morgan fingerprint density at radius 3 is 1.56 bits per heavy atom. The van der Waals surface area contributed by atoms with Crippen molar-refractivity contribution in [2.75, 3.05) is 19.8 Å². The third-order valence-corrected chi connectivity index (χ3v) is 4.45. The van der Waals surface area contributed by atoms with E-state index in [4.69, 9.17) is 14.2 Å². The lowest BCUT2D eigenvalue weighted by Crippen LogP contribution is -2.10. The van der Waals surface area contributed by atoms with Gasteiger partial charge in [0.25, 0.3) is 0 Å². The number of unbranched alkanes of at least 4 members (excludes halogenated alkanes) is 3. The van der Waals surface area contributed by atoms with Gasteiger partial charge in [-0.3, -0.25) is 4.55 Å². The summed E-state index contributed by atoms with van der Waals surface area (Å²) in [5, 5.41) is 0. The summed E-state index contributed by atoms with van der Waals surface area (Å²) in [5.74, 6) is 0.603. The van der Waals surface area contributed by atoms with E-state index < -0.39 is 10.1 Å². The van der Waals surface area contributed by atoms with E-state index in [-0.39, 0.29) is 16.4 Å². The molecule has 0 aliphatic heterocycles. The molecule has 0 aliphatic carbocycles. The summed E-state index contributed by atoms with van der Waals surface area (Å²) in [7, 11) is -4.49. The lowest BCUT2D eigenvalue weighted by atomic mass is 10.3. The van der Waals surface area contributed by atoms with Gasteiger partial charge in [-0.05, 0) is 19.3 Å². The van der Waals surface area contributed by atoms with Gasteiger partial charge >= 0.3 is 10.1 Å². The van der Waals surface area contributed by atoms with Crippen LogP contribution in [-0.4, -0.2) is 32.8 Å². The highest BCUT2D eigenvalue weighted by Gasteiger charge is 2.25. The van der Waals surface area contributed by atoms with Crippen molar-refractivity contribution >= 4 is 10.1 Å². The molecule has 0 saturated carbocycles. The molecule has 0 bridgehead atoms. The molecular weight excluding hydrogens is 344 g/mol. The first kappa shape index (κ1) is 21.6. The van der Waals surface area contributed by atoms with Gasteiger partial charge in [0.2, 0.25) is 0 Å². The molecule has 0 aromatic heterocycles. The van der Waals surface area contributed by atoms with Crippen LogP contribution in [0.15, 0.2) is 17.0 Å². The van der Waals surface area contributed by atoms with Crippen LogP contribution in [0.25, 0.3) is 0 Å². The monoisotopic (exact) mass is 374 g/mol. The molecule has 144 valence electrons. The average molecular weight is 374 g/mol. The van der Waals surface area contributed by atoms with Crippen LogP contribution in [0.2, 0.25) is 0 Å². The fourth-order valence-electron chi connectivity index (χ4n) is 2.09. The van der Waals surface area contributed by atoms with Gasteiger partial charge in [0.1, 0.15) is 17.2 Å². The van der Waals surface area contributed by atoms with Crippen molar-refractivity contribution in [1.82, 2.24) is 0 Å². The fraction of sp³-hybridized carbons (Fsp3) is 0.667. The van der Waals surface area contributed by atoms with Crippen LogP contribution in [0.5, 0.6) is 17.2 Å². The minimum absolute atomic E-state index is 0.0662. The maximum Gasteiger partial charge on any atom is 0.301 e. The molecule has 0 saturated heterocycles. The van der Waals surface area contributed by atoms with E-state index >= 15 is 0 Å². The Labute approximate surface area is 151 Å². The Morgan fingerprint density at radius 1 is 0.800 bits per heavy atom. The minimum atomic E-state index is -4.49. The van der Waals surface area contributed by atoms with Crippen LogP contribution in [-0.2, 0) is 10.1 Å². The molecule has 1 aromatic carbocycles. The van der Waals surface area contributed by atoms with E-state index in [9.17, 15) is 13.0 Å². The van der Waals surface area contributed by atoms with Gasteiger partial charge in [0.15, 0.2) is 4.90 Å². The summed E-state index contributed by atoms with van der Waals surface area (Å²) < 4.78 is 50.2. The first-order valence-electron chi connectivity index (χ1n) is 8.97. The molecule has 0 heterocycles. The Balaban J connectivity index is 3.20. The molecule has 6 nitrogen and oxygen atoms in total. The molecule has 7 heteroatoms. The van der Waals surface area contributed by atoms with Crippen molar-refractivity contribution in [3.8, 4) is 17.2 Å². The number of benzene rings is 1. The van der Waals surface area contributed by atoms with E-state index in [0.29, 0.717) is 25.6 Å². The highest BCUT2D eigenvalue weighted by atomic mass is 32.2. The molecule has 0 fully saturated rings. The van der Waals surface area contributed by atoms with Crippen molar-refractivity contribution in [3.63, 3.8) is 0 Å². The van der Waals surface area contributed by atoms with Crippen LogP contribution in [0, 0.1) is 0 Å². The molecular formula is C18H30O6S. The van der Waals surface area contributed by atoms with E-state index in [0.717, 1.165) is 38.5 Å². The largest absolute Gasteiger partial charge is 0.493 e. The van der Waals surface area contributed by atoms with Gasteiger partial charge in [0, 0.05) is 12.1 Å². The van der Waals surface area contributed by atoms with Gasteiger partial charge in [-0.25, -0.2) is 0 Å². The lowest BCUT2D eigenvalue weighted by molar-refractivity contribution is 0.267. The van der Waals surface area contributed by atoms with Crippen molar-refractivity contribution in [2.24, 2.45) is 0 Å². The minimum Gasteiger partial charge on any atom is -0.493 e. The quantitative estimate of drug-likeness (QED) is 0.405. The highest BCUT2D eigenvalue weighted by molar-refractivity contribution is 7.86.